The SMILES string of the molecule is Cc1ccc(S(=O)(=O)n2ccc3c(-c4nc(N5CCOCC5)cc(C5(S(C)(=N)=O)CC5)n4)ccnc32)cc1. The Morgan fingerprint density at radius 2 is 1.71 bits per heavy atom. The first-order valence-electron chi connectivity index (χ1n) is 12.3. The van der Waals surface area contributed by atoms with Crippen molar-refractivity contribution < 1.29 is 17.4 Å². The summed E-state index contributed by atoms with van der Waals surface area (Å²) in [6.07, 6.45) is 5.76. The summed E-state index contributed by atoms with van der Waals surface area (Å²) in [5.41, 5.74) is 2.44. The maximum absolute atomic E-state index is 13.5. The van der Waals surface area contributed by atoms with Gasteiger partial charge in [0, 0.05) is 48.8 Å². The Morgan fingerprint density at radius 3 is 2.37 bits per heavy atom. The number of ether oxygens (including phenoxy) is 1. The number of anilines is 1. The van der Waals surface area contributed by atoms with Crippen LogP contribution in [0.2, 0.25) is 0 Å². The van der Waals surface area contributed by atoms with Crippen molar-refractivity contribution >= 4 is 36.6 Å². The Hall–Kier alpha value is -3.35. The van der Waals surface area contributed by atoms with E-state index in [1.54, 1.807) is 42.6 Å². The highest BCUT2D eigenvalue weighted by molar-refractivity contribution is 7.93. The molecule has 1 N–H and O–H groups in total. The van der Waals surface area contributed by atoms with Crippen LogP contribution >= 0.6 is 0 Å². The van der Waals surface area contributed by atoms with Crippen LogP contribution in [0.15, 0.2) is 59.8 Å². The molecular weight excluding hydrogens is 524 g/mol. The number of hydrogen-bond acceptors (Lipinski definition) is 9. The Morgan fingerprint density at radius 1 is 1.00 bits per heavy atom. The summed E-state index contributed by atoms with van der Waals surface area (Å²) in [4.78, 5) is 16.4. The summed E-state index contributed by atoms with van der Waals surface area (Å²) in [5.74, 6) is 1.07. The van der Waals surface area contributed by atoms with Crippen LogP contribution in [0.1, 0.15) is 24.1 Å². The van der Waals surface area contributed by atoms with Gasteiger partial charge in [-0.15, -0.1) is 0 Å². The summed E-state index contributed by atoms with van der Waals surface area (Å²) in [6.45, 7) is 4.35. The number of aryl methyl sites for hydroxylation is 1. The molecule has 38 heavy (non-hydrogen) atoms. The minimum atomic E-state index is -3.88. The first kappa shape index (κ1) is 25.0. The summed E-state index contributed by atoms with van der Waals surface area (Å²) < 4.78 is 54.1. The molecule has 4 aromatic rings. The molecule has 0 radical (unpaired) electrons. The van der Waals surface area contributed by atoms with Crippen molar-refractivity contribution in [3.63, 3.8) is 0 Å². The number of hydrogen-bond donors (Lipinski definition) is 1. The molecule has 10 nitrogen and oxygen atoms in total. The number of nitrogens with one attached hydrogen (secondary N) is 1. The van der Waals surface area contributed by atoms with E-state index in [1.165, 1.54) is 16.4 Å². The molecule has 3 aromatic heterocycles. The van der Waals surface area contributed by atoms with E-state index in [0.29, 0.717) is 67.4 Å². The summed E-state index contributed by atoms with van der Waals surface area (Å²) in [5, 5.41) is 0.584. The van der Waals surface area contributed by atoms with Gasteiger partial charge < -0.3 is 9.64 Å². The lowest BCUT2D eigenvalue weighted by atomic mass is 10.1. The van der Waals surface area contributed by atoms with Gasteiger partial charge in [-0.1, -0.05) is 17.7 Å². The van der Waals surface area contributed by atoms with Gasteiger partial charge in [-0.25, -0.2) is 31.6 Å². The van der Waals surface area contributed by atoms with E-state index >= 15 is 0 Å². The van der Waals surface area contributed by atoms with E-state index in [4.69, 9.17) is 19.5 Å². The van der Waals surface area contributed by atoms with Crippen molar-refractivity contribution in [3.8, 4) is 11.4 Å². The maximum Gasteiger partial charge on any atom is 0.269 e. The van der Waals surface area contributed by atoms with Crippen molar-refractivity contribution in [3.05, 3.63) is 66.1 Å². The van der Waals surface area contributed by atoms with Gasteiger partial charge in [0.25, 0.3) is 10.0 Å². The molecule has 4 heterocycles. The minimum Gasteiger partial charge on any atom is -0.378 e. The molecule has 1 atom stereocenters. The molecule has 2 fully saturated rings. The van der Waals surface area contributed by atoms with E-state index in [-0.39, 0.29) is 10.5 Å². The third kappa shape index (κ3) is 4.07. The molecular formula is C26H28N6O4S2. The Bertz CT molecular complexity index is 1760. The monoisotopic (exact) mass is 552 g/mol. The minimum absolute atomic E-state index is 0.171. The Kier molecular flexibility index (Phi) is 5.82. The van der Waals surface area contributed by atoms with Gasteiger partial charge in [0.15, 0.2) is 11.5 Å². The molecule has 1 saturated heterocycles. The van der Waals surface area contributed by atoms with Crippen LogP contribution in [0, 0.1) is 11.7 Å². The van der Waals surface area contributed by atoms with Crippen LogP contribution in [-0.4, -0.2) is 64.1 Å². The first-order valence-corrected chi connectivity index (χ1v) is 15.8. The molecule has 1 unspecified atom stereocenters. The second-order valence-corrected chi connectivity index (χ2v) is 14.2. The van der Waals surface area contributed by atoms with Gasteiger partial charge >= 0.3 is 0 Å². The number of morpholine rings is 1. The first-order chi connectivity index (χ1) is 18.1. The average molecular weight is 553 g/mol. The predicted molar refractivity (Wildman–Crippen MR) is 145 cm³/mol. The van der Waals surface area contributed by atoms with Crippen LogP contribution in [0.5, 0.6) is 0 Å². The van der Waals surface area contributed by atoms with Crippen LogP contribution in [0.4, 0.5) is 5.82 Å². The molecule has 1 aliphatic carbocycles. The molecule has 0 bridgehead atoms. The van der Waals surface area contributed by atoms with Gasteiger partial charge in [-0.2, -0.15) is 0 Å². The lowest BCUT2D eigenvalue weighted by Gasteiger charge is -2.29. The van der Waals surface area contributed by atoms with Crippen molar-refractivity contribution in [2.24, 2.45) is 0 Å². The lowest BCUT2D eigenvalue weighted by Crippen LogP contribution is -2.37. The molecule has 12 heteroatoms. The molecule has 6 rings (SSSR count). The zero-order valence-electron chi connectivity index (χ0n) is 21.1. The Balaban J connectivity index is 1.52. The van der Waals surface area contributed by atoms with E-state index in [9.17, 15) is 12.6 Å². The number of rotatable bonds is 6. The van der Waals surface area contributed by atoms with Gasteiger partial charge in [-0.05, 0) is 44.0 Å². The van der Waals surface area contributed by atoms with E-state index < -0.39 is 24.5 Å². The normalized spacial score (nSPS) is 18.8. The fraction of sp³-hybridized carbons (Fsp3) is 0.346. The van der Waals surface area contributed by atoms with Crippen molar-refractivity contribution in [2.45, 2.75) is 29.4 Å². The highest BCUT2D eigenvalue weighted by atomic mass is 32.2. The maximum atomic E-state index is 13.5. The zero-order chi connectivity index (χ0) is 26.7. The largest absolute Gasteiger partial charge is 0.378 e. The van der Waals surface area contributed by atoms with E-state index in [2.05, 4.69) is 9.88 Å². The topological polar surface area (TPSA) is 131 Å². The smallest absolute Gasteiger partial charge is 0.269 e. The molecule has 0 spiro atoms. The molecule has 1 aliphatic heterocycles. The van der Waals surface area contributed by atoms with Gasteiger partial charge in [0.2, 0.25) is 0 Å². The highest BCUT2D eigenvalue weighted by Crippen LogP contribution is 2.52. The number of pyridine rings is 1. The van der Waals surface area contributed by atoms with Gasteiger partial charge in [0.1, 0.15) is 5.82 Å². The quantitative estimate of drug-likeness (QED) is 0.384. The summed E-state index contributed by atoms with van der Waals surface area (Å²) >= 11 is 0. The highest BCUT2D eigenvalue weighted by Gasteiger charge is 2.53. The number of fused-ring (bicyclic) bond motifs is 1. The predicted octanol–water partition coefficient (Wildman–Crippen LogP) is 3.54. The number of aromatic nitrogens is 4. The summed E-state index contributed by atoms with van der Waals surface area (Å²) in [7, 11) is -6.79. The molecule has 2 aliphatic rings. The van der Waals surface area contributed by atoms with Crippen LogP contribution in [-0.2, 0) is 29.2 Å². The fourth-order valence-electron chi connectivity index (χ4n) is 4.93. The van der Waals surface area contributed by atoms with Crippen molar-refractivity contribution in [1.29, 1.82) is 4.78 Å². The van der Waals surface area contributed by atoms with Crippen LogP contribution in [0.25, 0.3) is 22.4 Å². The third-order valence-corrected chi connectivity index (χ3v) is 11.1. The second kappa shape index (κ2) is 8.85. The van der Waals surface area contributed by atoms with Crippen LogP contribution < -0.4 is 4.90 Å². The third-order valence-electron chi connectivity index (χ3n) is 7.34. The zero-order valence-corrected chi connectivity index (χ0v) is 22.8. The van der Waals surface area contributed by atoms with Crippen LogP contribution in [0.3, 0.4) is 0 Å². The second-order valence-electron chi connectivity index (χ2n) is 9.90. The Labute approximate surface area is 221 Å². The molecule has 1 saturated carbocycles. The lowest BCUT2D eigenvalue weighted by molar-refractivity contribution is 0.122. The standard InChI is InChI=1S/C26H28N6O4S2/c1-18-3-5-19(6-4-18)38(34,35)32-12-8-21-20(7-11-28-25(21)32)24-29-22(26(9-10-26)37(2,27)33)17-23(30-24)31-13-15-36-16-14-31/h3-8,11-12,17,27H,9-10,13-16H2,1-2H3. The number of benzene rings is 1. The summed E-state index contributed by atoms with van der Waals surface area (Å²) in [6, 6.07) is 12.0. The number of nitrogens with zero attached hydrogens (tertiary/aromatic N) is 5. The molecule has 198 valence electrons. The van der Waals surface area contributed by atoms with Crippen molar-refractivity contribution in [1.82, 2.24) is 18.9 Å². The van der Waals surface area contributed by atoms with Gasteiger partial charge in [-0.3, -0.25) is 4.78 Å². The van der Waals surface area contributed by atoms with E-state index in [0.717, 1.165) is 5.56 Å². The molecule has 0 amide bonds. The average Bonchev–Trinajstić information content (AvgIpc) is 3.62. The van der Waals surface area contributed by atoms with E-state index in [1.807, 2.05) is 13.0 Å². The molecule has 1 aromatic carbocycles. The van der Waals surface area contributed by atoms with Crippen molar-refractivity contribution in [2.75, 3.05) is 37.5 Å². The fourth-order valence-corrected chi connectivity index (χ4v) is 7.62. The van der Waals surface area contributed by atoms with Gasteiger partial charge in [0.05, 0.1) is 38.3 Å².